The van der Waals surface area contributed by atoms with E-state index in [0.717, 1.165) is 17.0 Å². The number of hydrogen-bond donors (Lipinski definition) is 1. The summed E-state index contributed by atoms with van der Waals surface area (Å²) < 4.78 is 6.29. The number of amides is 1. The first kappa shape index (κ1) is 16.6. The molecule has 2 aromatic heterocycles. The second kappa shape index (κ2) is 6.97. The van der Waals surface area contributed by atoms with Crippen molar-refractivity contribution in [1.29, 1.82) is 0 Å². The zero-order valence-electron chi connectivity index (χ0n) is 12.3. The van der Waals surface area contributed by atoms with Crippen molar-refractivity contribution in [2.75, 3.05) is 11.1 Å². The number of rotatable bonds is 5. The Labute approximate surface area is 136 Å². The van der Waals surface area contributed by atoms with E-state index in [1.807, 2.05) is 13.8 Å². The Balaban J connectivity index is 1.93. The molecule has 7 nitrogen and oxygen atoms in total. The Morgan fingerprint density at radius 3 is 2.86 bits per heavy atom. The van der Waals surface area contributed by atoms with Gasteiger partial charge in [-0.2, -0.15) is 0 Å². The van der Waals surface area contributed by atoms with E-state index in [9.17, 15) is 9.59 Å². The number of nitrogens with one attached hydrogen (secondary N) is 1. The van der Waals surface area contributed by atoms with E-state index in [2.05, 4.69) is 15.5 Å². The van der Waals surface area contributed by atoms with E-state index >= 15 is 0 Å². The fourth-order valence-electron chi connectivity index (χ4n) is 1.74. The normalized spacial score (nSPS) is 10.7. The van der Waals surface area contributed by atoms with Gasteiger partial charge < -0.3 is 4.52 Å². The quantitative estimate of drug-likeness (QED) is 0.835. The maximum Gasteiger partial charge on any atom is 0.256 e. The molecule has 22 heavy (non-hydrogen) atoms. The van der Waals surface area contributed by atoms with Crippen LogP contribution in [0.2, 0.25) is 5.15 Å². The van der Waals surface area contributed by atoms with Crippen LogP contribution in [0.3, 0.4) is 0 Å². The van der Waals surface area contributed by atoms with Gasteiger partial charge in [0, 0.05) is 24.4 Å². The molecule has 2 heterocycles. The van der Waals surface area contributed by atoms with Crippen LogP contribution in [0, 0.1) is 13.8 Å². The Hall–Kier alpha value is -1.80. The molecule has 0 aliphatic rings. The number of halogens is 1. The maximum absolute atomic E-state index is 11.9. The molecule has 0 radical (unpaired) electrons. The van der Waals surface area contributed by atoms with Crippen LogP contribution in [-0.2, 0) is 17.6 Å². The summed E-state index contributed by atoms with van der Waals surface area (Å²) in [7, 11) is 1.51. The van der Waals surface area contributed by atoms with Crippen molar-refractivity contribution in [1.82, 2.24) is 14.7 Å². The van der Waals surface area contributed by atoms with Crippen LogP contribution in [0.15, 0.2) is 15.4 Å². The highest BCUT2D eigenvalue weighted by atomic mass is 35.5. The van der Waals surface area contributed by atoms with Crippen molar-refractivity contribution in [3.8, 4) is 0 Å². The van der Waals surface area contributed by atoms with Crippen molar-refractivity contribution in [2.24, 2.45) is 7.05 Å². The molecule has 0 fully saturated rings. The summed E-state index contributed by atoms with van der Waals surface area (Å²) >= 11 is 7.13. The summed E-state index contributed by atoms with van der Waals surface area (Å²) in [6.45, 7) is 3.69. The van der Waals surface area contributed by atoms with Crippen molar-refractivity contribution in [3.05, 3.63) is 38.6 Å². The highest BCUT2D eigenvalue weighted by Crippen LogP contribution is 2.19. The van der Waals surface area contributed by atoms with Gasteiger partial charge in [0.25, 0.3) is 5.56 Å². The molecule has 0 bridgehead atoms. The number of aryl methyl sites for hydroxylation is 2. The van der Waals surface area contributed by atoms with Crippen molar-refractivity contribution in [3.63, 3.8) is 0 Å². The first-order valence-electron chi connectivity index (χ1n) is 6.41. The number of carbonyl (C=O) groups is 1. The number of thioether (sulfide) groups is 1. The van der Waals surface area contributed by atoms with Crippen LogP contribution in [0.5, 0.6) is 0 Å². The van der Waals surface area contributed by atoms with Gasteiger partial charge in [-0.1, -0.05) is 16.8 Å². The van der Waals surface area contributed by atoms with Crippen LogP contribution in [0.1, 0.15) is 17.0 Å². The predicted octanol–water partition coefficient (Wildman–Crippen LogP) is 1.91. The second-order valence-corrected chi connectivity index (χ2v) is 6.02. The standard InChI is InChI=1S/C13H15ClN4O3S/c1-7-9(8(2)21-17-7)5-22-6-11(19)16-13-15-10(14)4-12(20)18(13)3/h4H,5-6H2,1-3H3,(H,15,16,19). The molecular formula is C13H15ClN4O3S. The Kier molecular flexibility index (Phi) is 5.25. The van der Waals surface area contributed by atoms with Gasteiger partial charge in [0.2, 0.25) is 11.9 Å². The molecule has 0 saturated carbocycles. The maximum atomic E-state index is 11.9. The summed E-state index contributed by atoms with van der Waals surface area (Å²) in [6.07, 6.45) is 0. The summed E-state index contributed by atoms with van der Waals surface area (Å²) in [4.78, 5) is 27.4. The van der Waals surface area contributed by atoms with E-state index in [1.54, 1.807) is 0 Å². The highest BCUT2D eigenvalue weighted by Gasteiger charge is 2.12. The van der Waals surface area contributed by atoms with Gasteiger partial charge in [-0.3, -0.25) is 19.5 Å². The zero-order chi connectivity index (χ0) is 16.3. The first-order chi connectivity index (χ1) is 10.4. The summed E-state index contributed by atoms with van der Waals surface area (Å²) in [5, 5.41) is 6.47. The van der Waals surface area contributed by atoms with Gasteiger partial charge >= 0.3 is 0 Å². The van der Waals surface area contributed by atoms with Crippen LogP contribution >= 0.6 is 23.4 Å². The molecular weight excluding hydrogens is 328 g/mol. The lowest BCUT2D eigenvalue weighted by atomic mass is 10.2. The first-order valence-corrected chi connectivity index (χ1v) is 7.94. The number of anilines is 1. The minimum Gasteiger partial charge on any atom is -0.361 e. The Morgan fingerprint density at radius 2 is 2.23 bits per heavy atom. The molecule has 2 aromatic rings. The number of aromatic nitrogens is 3. The average Bonchev–Trinajstić information content (AvgIpc) is 2.76. The molecule has 1 amide bonds. The molecule has 9 heteroatoms. The molecule has 118 valence electrons. The molecule has 1 N–H and O–H groups in total. The molecule has 0 atom stereocenters. The van der Waals surface area contributed by atoms with Crippen LogP contribution < -0.4 is 10.9 Å². The molecule has 2 rings (SSSR count). The van der Waals surface area contributed by atoms with Crippen molar-refractivity contribution in [2.45, 2.75) is 19.6 Å². The Morgan fingerprint density at radius 1 is 1.50 bits per heavy atom. The SMILES string of the molecule is Cc1noc(C)c1CSCC(=O)Nc1nc(Cl)cc(=O)n1C. The lowest BCUT2D eigenvalue weighted by Gasteiger charge is -2.08. The van der Waals surface area contributed by atoms with Gasteiger partial charge in [0.05, 0.1) is 11.4 Å². The lowest BCUT2D eigenvalue weighted by molar-refractivity contribution is -0.113. The van der Waals surface area contributed by atoms with Crippen molar-refractivity contribution < 1.29 is 9.32 Å². The fraction of sp³-hybridized carbons (Fsp3) is 0.385. The van der Waals surface area contributed by atoms with E-state index in [4.69, 9.17) is 16.1 Å². The third-order valence-electron chi connectivity index (χ3n) is 3.02. The van der Waals surface area contributed by atoms with Crippen LogP contribution in [0.4, 0.5) is 5.95 Å². The second-order valence-electron chi connectivity index (χ2n) is 4.64. The fourth-order valence-corrected chi connectivity index (χ4v) is 2.89. The van der Waals surface area contributed by atoms with E-state index in [1.165, 1.54) is 29.4 Å². The third kappa shape index (κ3) is 3.89. The molecule has 0 aromatic carbocycles. The molecule has 0 aliphatic heterocycles. The predicted molar refractivity (Wildman–Crippen MR) is 85.3 cm³/mol. The minimum atomic E-state index is -0.335. The number of carbonyl (C=O) groups excluding carboxylic acids is 1. The topological polar surface area (TPSA) is 90.0 Å². The highest BCUT2D eigenvalue weighted by molar-refractivity contribution is 7.99. The lowest BCUT2D eigenvalue weighted by Crippen LogP contribution is -2.25. The zero-order valence-corrected chi connectivity index (χ0v) is 13.9. The van der Waals surface area contributed by atoms with Gasteiger partial charge in [0.15, 0.2) is 0 Å². The minimum absolute atomic E-state index is 0.0433. The number of hydrogen-bond acceptors (Lipinski definition) is 6. The van der Waals surface area contributed by atoms with E-state index in [-0.39, 0.29) is 28.3 Å². The largest absolute Gasteiger partial charge is 0.361 e. The van der Waals surface area contributed by atoms with Gasteiger partial charge in [-0.05, 0) is 13.8 Å². The summed E-state index contributed by atoms with van der Waals surface area (Å²) in [6, 6.07) is 1.18. The van der Waals surface area contributed by atoms with E-state index < -0.39 is 0 Å². The van der Waals surface area contributed by atoms with Crippen LogP contribution in [0.25, 0.3) is 0 Å². The number of nitrogens with zero attached hydrogens (tertiary/aromatic N) is 3. The van der Waals surface area contributed by atoms with Gasteiger partial charge in [-0.15, -0.1) is 11.8 Å². The Bertz CT molecular complexity index is 737. The summed E-state index contributed by atoms with van der Waals surface area (Å²) in [5.74, 6) is 1.45. The smallest absolute Gasteiger partial charge is 0.256 e. The van der Waals surface area contributed by atoms with Crippen LogP contribution in [-0.4, -0.2) is 26.4 Å². The van der Waals surface area contributed by atoms with Gasteiger partial charge in [-0.25, -0.2) is 4.98 Å². The average molecular weight is 343 g/mol. The monoisotopic (exact) mass is 342 g/mol. The summed E-state index contributed by atoms with van der Waals surface area (Å²) in [5.41, 5.74) is 1.48. The molecule has 0 aliphatic carbocycles. The van der Waals surface area contributed by atoms with E-state index in [0.29, 0.717) is 5.75 Å². The molecule has 0 unspecified atom stereocenters. The molecule has 0 spiro atoms. The third-order valence-corrected chi connectivity index (χ3v) is 4.17. The molecule has 0 saturated heterocycles. The van der Waals surface area contributed by atoms with Gasteiger partial charge in [0.1, 0.15) is 10.9 Å². The van der Waals surface area contributed by atoms with Crippen molar-refractivity contribution >= 4 is 35.2 Å².